The number of rotatable bonds is 5. The second-order valence-electron chi connectivity index (χ2n) is 10.4. The number of carbonyl (C=O) groups is 1. The molecule has 1 aromatic rings. The van der Waals surface area contributed by atoms with E-state index in [4.69, 9.17) is 0 Å². The summed E-state index contributed by atoms with van der Waals surface area (Å²) in [4.78, 5) is 13.0. The molecule has 4 saturated carbocycles. The zero-order chi connectivity index (χ0) is 23.4. The molecule has 4 aliphatic carbocycles. The first-order valence-corrected chi connectivity index (χ1v) is 13.1. The van der Waals surface area contributed by atoms with Gasteiger partial charge in [0.1, 0.15) is 5.75 Å². The van der Waals surface area contributed by atoms with Crippen LogP contribution in [0.4, 0.5) is 13.2 Å². The first kappa shape index (κ1) is 23.0. The Morgan fingerprint density at radius 1 is 0.970 bits per heavy atom. The molecule has 10 heteroatoms. The van der Waals surface area contributed by atoms with Crippen molar-refractivity contribution < 1.29 is 31.1 Å². The fraction of sp³-hybridized carbons (Fsp3) is 0.696. The molecule has 0 radical (unpaired) electrons. The van der Waals surface area contributed by atoms with Gasteiger partial charge in [-0.1, -0.05) is 0 Å². The minimum absolute atomic E-state index is 0.0441. The second-order valence-corrected chi connectivity index (χ2v) is 12.3. The third-order valence-electron chi connectivity index (χ3n) is 7.95. The largest absolute Gasteiger partial charge is 0.573 e. The lowest BCUT2D eigenvalue weighted by Crippen LogP contribution is -2.61. The number of carbonyl (C=O) groups excluding carboxylic acids is 1. The lowest BCUT2D eigenvalue weighted by Gasteiger charge is -2.57. The zero-order valence-electron chi connectivity index (χ0n) is 18.3. The molecule has 182 valence electrons. The SMILES string of the molecule is O=C(NC12CC3CC(CC(C3)C1)C2)C1CCN(S(=O)(=O)c2ccc(OC(F)(F)F)cc2)CC1. The monoisotopic (exact) mass is 486 g/mol. The maximum Gasteiger partial charge on any atom is 0.573 e. The Labute approximate surface area is 191 Å². The quantitative estimate of drug-likeness (QED) is 0.681. The Morgan fingerprint density at radius 3 is 1.97 bits per heavy atom. The van der Waals surface area contributed by atoms with Crippen molar-refractivity contribution in [3.63, 3.8) is 0 Å². The van der Waals surface area contributed by atoms with Crippen LogP contribution in [0.3, 0.4) is 0 Å². The second kappa shape index (κ2) is 8.15. The van der Waals surface area contributed by atoms with E-state index >= 15 is 0 Å². The summed E-state index contributed by atoms with van der Waals surface area (Å²) in [7, 11) is -3.85. The van der Waals surface area contributed by atoms with Crippen LogP contribution in [0.1, 0.15) is 51.4 Å². The number of hydrogen-bond donors (Lipinski definition) is 1. The lowest BCUT2D eigenvalue weighted by atomic mass is 9.53. The van der Waals surface area contributed by atoms with Gasteiger partial charge in [0.2, 0.25) is 15.9 Å². The van der Waals surface area contributed by atoms with Crippen molar-refractivity contribution in [2.24, 2.45) is 23.7 Å². The summed E-state index contributed by atoms with van der Waals surface area (Å²) in [6.07, 6.45) is 3.17. The summed E-state index contributed by atoms with van der Waals surface area (Å²) in [5, 5.41) is 3.39. The number of halogens is 3. The van der Waals surface area contributed by atoms with E-state index in [1.807, 2.05) is 0 Å². The standard InChI is InChI=1S/C23H29F3N2O4S/c24-23(25,26)32-19-1-3-20(4-2-19)33(30,31)28-7-5-18(6-8-28)21(29)27-22-12-15-9-16(13-22)11-17(10-15)14-22/h1-4,15-18H,5-14H2,(H,27,29). The van der Waals surface area contributed by atoms with E-state index in [-0.39, 0.29) is 35.3 Å². The van der Waals surface area contributed by atoms with Crippen molar-refractivity contribution in [1.29, 1.82) is 0 Å². The molecule has 1 aliphatic heterocycles. The minimum atomic E-state index is -4.83. The number of hydrogen-bond acceptors (Lipinski definition) is 4. The smallest absolute Gasteiger partial charge is 0.406 e. The van der Waals surface area contributed by atoms with E-state index in [1.54, 1.807) is 0 Å². The van der Waals surface area contributed by atoms with Crippen LogP contribution in [0.25, 0.3) is 0 Å². The number of ether oxygens (including phenoxy) is 1. The van der Waals surface area contributed by atoms with Crippen LogP contribution < -0.4 is 10.1 Å². The van der Waals surface area contributed by atoms with Gasteiger partial charge in [0.25, 0.3) is 0 Å². The highest BCUT2D eigenvalue weighted by Crippen LogP contribution is 2.55. The van der Waals surface area contributed by atoms with Crippen LogP contribution >= 0.6 is 0 Å². The molecule has 6 rings (SSSR count). The topological polar surface area (TPSA) is 75.7 Å². The summed E-state index contributed by atoms with van der Waals surface area (Å²) in [6.45, 7) is 0.421. The number of sulfonamides is 1. The highest BCUT2D eigenvalue weighted by atomic mass is 32.2. The first-order chi connectivity index (χ1) is 15.5. The Kier molecular flexibility index (Phi) is 5.67. The van der Waals surface area contributed by atoms with Gasteiger partial charge in [-0.3, -0.25) is 4.79 Å². The van der Waals surface area contributed by atoms with Gasteiger partial charge in [-0.2, -0.15) is 4.31 Å². The van der Waals surface area contributed by atoms with Crippen molar-refractivity contribution in [3.05, 3.63) is 24.3 Å². The Bertz CT molecular complexity index is 966. The number of amides is 1. The summed E-state index contributed by atoms with van der Waals surface area (Å²) in [6, 6.07) is 4.21. The Morgan fingerprint density at radius 2 is 1.48 bits per heavy atom. The molecule has 1 N–H and O–H groups in total. The maximum absolute atomic E-state index is 13.1. The third kappa shape index (κ3) is 4.73. The van der Waals surface area contributed by atoms with Crippen molar-refractivity contribution >= 4 is 15.9 Å². The molecule has 6 nitrogen and oxygen atoms in total. The highest BCUT2D eigenvalue weighted by molar-refractivity contribution is 7.89. The number of alkyl halides is 3. The van der Waals surface area contributed by atoms with E-state index in [2.05, 4.69) is 10.1 Å². The molecular weight excluding hydrogens is 457 g/mol. The molecule has 0 unspecified atom stereocenters. The van der Waals surface area contributed by atoms with Crippen LogP contribution in [-0.4, -0.2) is 43.6 Å². The number of benzene rings is 1. The summed E-state index contributed by atoms with van der Waals surface area (Å²) < 4.78 is 67.9. The van der Waals surface area contributed by atoms with E-state index < -0.39 is 22.1 Å². The number of piperidine rings is 1. The molecule has 5 aliphatic rings. The van der Waals surface area contributed by atoms with E-state index in [1.165, 1.54) is 23.6 Å². The molecule has 0 spiro atoms. The van der Waals surface area contributed by atoms with Crippen molar-refractivity contribution in [3.8, 4) is 5.75 Å². The average Bonchev–Trinajstić information content (AvgIpc) is 2.72. The van der Waals surface area contributed by atoms with Crippen LogP contribution in [0.5, 0.6) is 5.75 Å². The highest BCUT2D eigenvalue weighted by Gasteiger charge is 2.52. The molecule has 5 fully saturated rings. The van der Waals surface area contributed by atoms with E-state index in [9.17, 15) is 26.4 Å². The van der Waals surface area contributed by atoms with Gasteiger partial charge in [0.05, 0.1) is 4.90 Å². The van der Waals surface area contributed by atoms with Crippen LogP contribution in [0.15, 0.2) is 29.2 Å². The van der Waals surface area contributed by atoms with Crippen molar-refractivity contribution in [1.82, 2.24) is 9.62 Å². The Hall–Kier alpha value is -1.81. The van der Waals surface area contributed by atoms with Gasteiger partial charge in [-0.25, -0.2) is 8.42 Å². The Balaban J connectivity index is 1.18. The van der Waals surface area contributed by atoms with E-state index in [0.717, 1.165) is 61.3 Å². The fourth-order valence-electron chi connectivity index (χ4n) is 6.95. The molecule has 1 saturated heterocycles. The van der Waals surface area contributed by atoms with Crippen molar-refractivity contribution in [2.75, 3.05) is 13.1 Å². The molecule has 1 heterocycles. The lowest BCUT2D eigenvalue weighted by molar-refractivity contribution is -0.274. The molecule has 1 amide bonds. The van der Waals surface area contributed by atoms with Crippen LogP contribution in [0, 0.1) is 23.7 Å². The van der Waals surface area contributed by atoms with E-state index in [0.29, 0.717) is 12.8 Å². The normalized spacial score (nSPS) is 32.6. The fourth-order valence-corrected chi connectivity index (χ4v) is 8.42. The third-order valence-corrected chi connectivity index (χ3v) is 9.86. The summed E-state index contributed by atoms with van der Waals surface area (Å²) >= 11 is 0. The zero-order valence-corrected chi connectivity index (χ0v) is 19.1. The summed E-state index contributed by atoms with van der Waals surface area (Å²) in [5.74, 6) is 1.56. The predicted molar refractivity (Wildman–Crippen MR) is 114 cm³/mol. The average molecular weight is 487 g/mol. The number of nitrogens with zero attached hydrogens (tertiary/aromatic N) is 1. The minimum Gasteiger partial charge on any atom is -0.406 e. The van der Waals surface area contributed by atoms with Gasteiger partial charge < -0.3 is 10.1 Å². The van der Waals surface area contributed by atoms with Crippen LogP contribution in [0.2, 0.25) is 0 Å². The predicted octanol–water partition coefficient (Wildman–Crippen LogP) is 4.07. The van der Waals surface area contributed by atoms with Gasteiger partial charge in [-0.05, 0) is 93.4 Å². The van der Waals surface area contributed by atoms with Gasteiger partial charge >= 0.3 is 6.36 Å². The molecule has 4 bridgehead atoms. The number of nitrogens with one attached hydrogen (secondary N) is 1. The maximum atomic E-state index is 13.1. The van der Waals surface area contributed by atoms with Crippen LogP contribution in [-0.2, 0) is 14.8 Å². The molecule has 0 atom stereocenters. The van der Waals surface area contributed by atoms with Gasteiger partial charge in [-0.15, -0.1) is 13.2 Å². The van der Waals surface area contributed by atoms with Crippen molar-refractivity contribution in [2.45, 2.75) is 68.2 Å². The van der Waals surface area contributed by atoms with Gasteiger partial charge in [0, 0.05) is 24.5 Å². The molecule has 0 aromatic heterocycles. The molecular formula is C23H29F3N2O4S. The van der Waals surface area contributed by atoms with Gasteiger partial charge in [0.15, 0.2) is 0 Å². The summed E-state index contributed by atoms with van der Waals surface area (Å²) in [5.41, 5.74) is -0.0602. The molecule has 1 aromatic carbocycles. The molecule has 33 heavy (non-hydrogen) atoms. The first-order valence-electron chi connectivity index (χ1n) is 11.7.